The molecule has 92 valence electrons. The Hall–Kier alpha value is -1.88. The number of Topliss-reactive ketones (excluding diaryl/α,β-unsaturated/α-hetero) is 1. The van der Waals surface area contributed by atoms with Crippen LogP contribution in [0.3, 0.4) is 0 Å². The zero-order valence-corrected chi connectivity index (χ0v) is 10.6. The van der Waals surface area contributed by atoms with Crippen molar-refractivity contribution in [3.05, 3.63) is 40.3 Å². The molecule has 2 aromatic rings. The smallest absolute Gasteiger partial charge is 0.170 e. The van der Waals surface area contributed by atoms with Crippen LogP contribution in [0.1, 0.15) is 28.6 Å². The summed E-state index contributed by atoms with van der Waals surface area (Å²) in [5.41, 5.74) is 3.16. The van der Waals surface area contributed by atoms with Gasteiger partial charge in [0.25, 0.3) is 0 Å². The third-order valence-electron chi connectivity index (χ3n) is 2.91. The molecule has 0 radical (unpaired) electrons. The van der Waals surface area contributed by atoms with E-state index in [4.69, 9.17) is 9.47 Å². The Bertz CT molecular complexity index is 580. The highest BCUT2D eigenvalue weighted by Crippen LogP contribution is 2.36. The van der Waals surface area contributed by atoms with Gasteiger partial charge < -0.3 is 9.47 Å². The summed E-state index contributed by atoms with van der Waals surface area (Å²) in [5.74, 6) is 1.33. The van der Waals surface area contributed by atoms with Crippen LogP contribution < -0.4 is 9.47 Å². The van der Waals surface area contributed by atoms with Crippen molar-refractivity contribution in [3.63, 3.8) is 0 Å². The standard InChI is InChI=1S/C13H11NO3S/c1-16-8-2-3-9-11(15)5-13(17-12(9)4-8)10-6-18-7-14-10/h2-4,6-7,13H,5H2,1H3. The highest BCUT2D eigenvalue weighted by Gasteiger charge is 2.28. The van der Waals surface area contributed by atoms with Gasteiger partial charge in [0.05, 0.1) is 30.3 Å². The van der Waals surface area contributed by atoms with Crippen molar-refractivity contribution in [2.75, 3.05) is 7.11 Å². The summed E-state index contributed by atoms with van der Waals surface area (Å²) in [5, 5.41) is 1.91. The first-order valence-corrected chi connectivity index (χ1v) is 6.48. The molecule has 0 N–H and O–H groups in total. The summed E-state index contributed by atoms with van der Waals surface area (Å²) in [4.78, 5) is 16.2. The number of fused-ring (bicyclic) bond motifs is 1. The molecule has 1 aromatic carbocycles. The fourth-order valence-electron chi connectivity index (χ4n) is 1.98. The van der Waals surface area contributed by atoms with E-state index >= 15 is 0 Å². The van der Waals surface area contributed by atoms with E-state index in [1.807, 2.05) is 5.38 Å². The number of nitrogens with zero attached hydrogens (tertiary/aromatic N) is 1. The molecule has 1 aromatic heterocycles. The normalized spacial score (nSPS) is 18.1. The van der Waals surface area contributed by atoms with Crippen LogP contribution >= 0.6 is 11.3 Å². The first kappa shape index (κ1) is 11.2. The van der Waals surface area contributed by atoms with Crippen LogP contribution in [0.4, 0.5) is 0 Å². The van der Waals surface area contributed by atoms with Gasteiger partial charge in [0.1, 0.15) is 17.6 Å². The molecule has 0 saturated heterocycles. The third kappa shape index (κ3) is 1.86. The molecule has 0 amide bonds. The van der Waals surface area contributed by atoms with Crippen LogP contribution in [0.15, 0.2) is 29.1 Å². The van der Waals surface area contributed by atoms with Crippen molar-refractivity contribution in [1.82, 2.24) is 4.98 Å². The second-order valence-electron chi connectivity index (χ2n) is 4.01. The number of hydrogen-bond donors (Lipinski definition) is 0. The van der Waals surface area contributed by atoms with Gasteiger partial charge in [0.2, 0.25) is 0 Å². The number of ketones is 1. The molecule has 18 heavy (non-hydrogen) atoms. The maximum Gasteiger partial charge on any atom is 0.170 e. The van der Waals surface area contributed by atoms with Crippen molar-refractivity contribution in [2.45, 2.75) is 12.5 Å². The Balaban J connectivity index is 1.97. The number of thiazole rings is 1. The summed E-state index contributed by atoms with van der Waals surface area (Å²) in [6.07, 6.45) is 0.0478. The lowest BCUT2D eigenvalue weighted by atomic mass is 9.99. The lowest BCUT2D eigenvalue weighted by Crippen LogP contribution is -2.20. The van der Waals surface area contributed by atoms with E-state index < -0.39 is 0 Å². The van der Waals surface area contributed by atoms with Gasteiger partial charge in [-0.1, -0.05) is 0 Å². The summed E-state index contributed by atoms with van der Waals surface area (Å²) >= 11 is 1.50. The summed E-state index contributed by atoms with van der Waals surface area (Å²) in [6, 6.07) is 5.25. The average Bonchev–Trinajstić information content (AvgIpc) is 2.91. The van der Waals surface area contributed by atoms with E-state index in [9.17, 15) is 4.79 Å². The maximum absolute atomic E-state index is 12.0. The Morgan fingerprint density at radius 3 is 3.11 bits per heavy atom. The van der Waals surface area contributed by atoms with Crippen molar-refractivity contribution in [3.8, 4) is 11.5 Å². The molecule has 2 heterocycles. The summed E-state index contributed by atoms with van der Waals surface area (Å²) < 4.78 is 11.0. The van der Waals surface area contributed by atoms with Crippen LogP contribution in [0.2, 0.25) is 0 Å². The number of ether oxygens (including phenoxy) is 2. The molecule has 1 unspecified atom stereocenters. The minimum atomic E-state index is -0.289. The molecule has 0 aliphatic carbocycles. The second kappa shape index (κ2) is 4.42. The van der Waals surface area contributed by atoms with E-state index in [0.717, 1.165) is 5.69 Å². The van der Waals surface area contributed by atoms with Gasteiger partial charge in [-0.25, -0.2) is 4.98 Å². The largest absolute Gasteiger partial charge is 0.497 e. The van der Waals surface area contributed by atoms with Crippen LogP contribution in [0.5, 0.6) is 11.5 Å². The number of carbonyl (C=O) groups excluding carboxylic acids is 1. The monoisotopic (exact) mass is 261 g/mol. The molecule has 1 aliphatic rings. The highest BCUT2D eigenvalue weighted by molar-refractivity contribution is 7.07. The molecule has 0 saturated carbocycles. The van der Waals surface area contributed by atoms with E-state index in [2.05, 4.69) is 4.98 Å². The number of rotatable bonds is 2. The van der Waals surface area contributed by atoms with Crippen molar-refractivity contribution in [1.29, 1.82) is 0 Å². The Labute approximate surface area is 108 Å². The number of aromatic nitrogens is 1. The first-order chi connectivity index (χ1) is 8.78. The highest BCUT2D eigenvalue weighted by atomic mass is 32.1. The van der Waals surface area contributed by atoms with Crippen molar-refractivity contribution >= 4 is 17.1 Å². The minimum Gasteiger partial charge on any atom is -0.497 e. The van der Waals surface area contributed by atoms with Gasteiger partial charge in [-0.3, -0.25) is 4.79 Å². The average molecular weight is 261 g/mol. The van der Waals surface area contributed by atoms with Gasteiger partial charge in [-0.05, 0) is 12.1 Å². The first-order valence-electron chi connectivity index (χ1n) is 5.54. The fourth-order valence-corrected chi connectivity index (χ4v) is 2.57. The molecule has 3 rings (SSSR count). The molecular formula is C13H11NO3S. The zero-order valence-electron chi connectivity index (χ0n) is 9.75. The van der Waals surface area contributed by atoms with Gasteiger partial charge in [0, 0.05) is 11.4 Å². The molecular weight excluding hydrogens is 250 g/mol. The van der Waals surface area contributed by atoms with E-state index in [-0.39, 0.29) is 11.9 Å². The van der Waals surface area contributed by atoms with E-state index in [1.54, 1.807) is 30.8 Å². The van der Waals surface area contributed by atoms with E-state index in [1.165, 1.54) is 11.3 Å². The zero-order chi connectivity index (χ0) is 12.5. The molecule has 4 nitrogen and oxygen atoms in total. The molecule has 0 spiro atoms. The molecule has 0 fully saturated rings. The van der Waals surface area contributed by atoms with E-state index in [0.29, 0.717) is 23.5 Å². The van der Waals surface area contributed by atoms with Crippen molar-refractivity contribution < 1.29 is 14.3 Å². The lowest BCUT2D eigenvalue weighted by molar-refractivity contribution is 0.0845. The minimum absolute atomic E-state index is 0.0805. The van der Waals surface area contributed by atoms with Gasteiger partial charge in [-0.15, -0.1) is 11.3 Å². The lowest BCUT2D eigenvalue weighted by Gasteiger charge is -2.24. The van der Waals surface area contributed by atoms with Gasteiger partial charge in [-0.2, -0.15) is 0 Å². The number of benzene rings is 1. The molecule has 0 bridgehead atoms. The fraction of sp³-hybridized carbons (Fsp3) is 0.231. The Kier molecular flexibility index (Phi) is 2.76. The van der Waals surface area contributed by atoms with Crippen LogP contribution in [-0.4, -0.2) is 17.9 Å². The quantitative estimate of drug-likeness (QED) is 0.834. The molecule has 1 aliphatic heterocycles. The van der Waals surface area contributed by atoms with Crippen LogP contribution in [-0.2, 0) is 0 Å². The number of hydrogen-bond acceptors (Lipinski definition) is 5. The molecule has 1 atom stereocenters. The van der Waals surface area contributed by atoms with Gasteiger partial charge in [0.15, 0.2) is 5.78 Å². The maximum atomic E-state index is 12.0. The Morgan fingerprint density at radius 1 is 1.50 bits per heavy atom. The third-order valence-corrected chi connectivity index (χ3v) is 3.52. The predicted molar refractivity (Wildman–Crippen MR) is 67.4 cm³/mol. The Morgan fingerprint density at radius 2 is 2.39 bits per heavy atom. The van der Waals surface area contributed by atoms with Gasteiger partial charge >= 0.3 is 0 Å². The van der Waals surface area contributed by atoms with Crippen LogP contribution in [0.25, 0.3) is 0 Å². The topological polar surface area (TPSA) is 48.4 Å². The molecule has 5 heteroatoms. The second-order valence-corrected chi connectivity index (χ2v) is 4.73. The SMILES string of the molecule is COc1ccc2c(c1)OC(c1cscn1)CC2=O. The summed E-state index contributed by atoms with van der Waals surface area (Å²) in [6.45, 7) is 0. The number of carbonyl (C=O) groups is 1. The van der Waals surface area contributed by atoms with Crippen LogP contribution in [0, 0.1) is 0 Å². The summed E-state index contributed by atoms with van der Waals surface area (Å²) in [7, 11) is 1.59. The predicted octanol–water partition coefficient (Wildman–Crippen LogP) is 2.86. The van der Waals surface area contributed by atoms with Crippen molar-refractivity contribution in [2.24, 2.45) is 0 Å². The number of methoxy groups -OCH3 is 1.